The smallest absolute Gasteiger partial charge is 0.136 e. The molecule has 1 fully saturated rings. The van der Waals surface area contributed by atoms with Crippen molar-refractivity contribution in [2.24, 2.45) is 0 Å². The second kappa shape index (κ2) is 4.63. The lowest BCUT2D eigenvalue weighted by molar-refractivity contribution is 0.921. The molecular weight excluding hydrogens is 312 g/mol. The van der Waals surface area contributed by atoms with Gasteiger partial charge in [0.2, 0.25) is 0 Å². The maximum absolute atomic E-state index is 6.23. The van der Waals surface area contributed by atoms with E-state index in [1.165, 1.54) is 12.8 Å². The molecule has 1 heterocycles. The summed E-state index contributed by atoms with van der Waals surface area (Å²) >= 11 is 9.79. The van der Waals surface area contributed by atoms with Crippen LogP contribution in [0.4, 0.5) is 0 Å². The standard InChI is InChI=1S/C14H12BrClN2/c1-8-12(10-4-2-3-5-11(10)15)17-14(9-6-7-9)18-13(8)16/h2-5,9H,6-7H2,1H3. The lowest BCUT2D eigenvalue weighted by Gasteiger charge is -2.10. The summed E-state index contributed by atoms with van der Waals surface area (Å²) in [6, 6.07) is 8.06. The topological polar surface area (TPSA) is 25.8 Å². The molecule has 0 aliphatic heterocycles. The van der Waals surface area contributed by atoms with Crippen LogP contribution in [-0.4, -0.2) is 9.97 Å². The number of nitrogens with zero attached hydrogens (tertiary/aromatic N) is 2. The zero-order valence-electron chi connectivity index (χ0n) is 9.95. The van der Waals surface area contributed by atoms with E-state index in [2.05, 4.69) is 20.9 Å². The van der Waals surface area contributed by atoms with Crippen molar-refractivity contribution < 1.29 is 0 Å². The van der Waals surface area contributed by atoms with Crippen molar-refractivity contribution in [3.8, 4) is 11.3 Å². The summed E-state index contributed by atoms with van der Waals surface area (Å²) in [5.74, 6) is 1.39. The van der Waals surface area contributed by atoms with Gasteiger partial charge in [-0.05, 0) is 25.8 Å². The van der Waals surface area contributed by atoms with Crippen molar-refractivity contribution in [3.05, 3.63) is 45.3 Å². The fourth-order valence-corrected chi connectivity index (χ4v) is 2.59. The number of benzene rings is 1. The fourth-order valence-electron chi connectivity index (χ4n) is 1.95. The van der Waals surface area contributed by atoms with Gasteiger partial charge < -0.3 is 0 Å². The minimum absolute atomic E-state index is 0.504. The van der Waals surface area contributed by atoms with Crippen LogP contribution in [0.25, 0.3) is 11.3 Å². The first kappa shape index (κ1) is 12.1. The Balaban J connectivity index is 2.18. The summed E-state index contributed by atoms with van der Waals surface area (Å²) in [6.07, 6.45) is 2.35. The molecule has 1 aliphatic carbocycles. The summed E-state index contributed by atoms with van der Waals surface area (Å²) < 4.78 is 1.03. The maximum Gasteiger partial charge on any atom is 0.136 e. The van der Waals surface area contributed by atoms with Crippen LogP contribution in [0.2, 0.25) is 5.15 Å². The molecule has 92 valence electrons. The quantitative estimate of drug-likeness (QED) is 0.746. The van der Waals surface area contributed by atoms with Crippen molar-refractivity contribution in [1.29, 1.82) is 0 Å². The average molecular weight is 324 g/mol. The molecule has 0 radical (unpaired) electrons. The van der Waals surface area contributed by atoms with Crippen LogP contribution in [0.15, 0.2) is 28.7 Å². The van der Waals surface area contributed by atoms with Crippen molar-refractivity contribution in [2.45, 2.75) is 25.7 Å². The lowest BCUT2D eigenvalue weighted by Crippen LogP contribution is -1.99. The third kappa shape index (κ3) is 2.17. The number of hydrogen-bond acceptors (Lipinski definition) is 2. The van der Waals surface area contributed by atoms with Crippen molar-refractivity contribution in [2.75, 3.05) is 0 Å². The molecule has 0 atom stereocenters. The molecule has 0 saturated heterocycles. The van der Waals surface area contributed by atoms with E-state index in [0.717, 1.165) is 27.1 Å². The first-order valence-corrected chi connectivity index (χ1v) is 7.13. The first-order chi connectivity index (χ1) is 8.66. The van der Waals surface area contributed by atoms with Crippen molar-refractivity contribution >= 4 is 27.5 Å². The van der Waals surface area contributed by atoms with Gasteiger partial charge in [0.25, 0.3) is 0 Å². The molecule has 4 heteroatoms. The average Bonchev–Trinajstić information content (AvgIpc) is 3.18. The molecule has 1 aromatic heterocycles. The number of aromatic nitrogens is 2. The Morgan fingerprint density at radius 3 is 2.61 bits per heavy atom. The Bertz CT molecular complexity index is 609. The molecule has 1 aliphatic rings. The zero-order chi connectivity index (χ0) is 12.7. The van der Waals surface area contributed by atoms with E-state index in [4.69, 9.17) is 16.6 Å². The van der Waals surface area contributed by atoms with Crippen LogP contribution in [0.1, 0.15) is 30.1 Å². The monoisotopic (exact) mass is 322 g/mol. The second-order valence-corrected chi connectivity index (χ2v) is 5.81. The molecule has 2 aromatic rings. The number of hydrogen-bond donors (Lipinski definition) is 0. The van der Waals surface area contributed by atoms with Gasteiger partial charge in [0.1, 0.15) is 11.0 Å². The minimum atomic E-state index is 0.504. The summed E-state index contributed by atoms with van der Waals surface area (Å²) in [4.78, 5) is 9.09. The molecule has 1 aromatic carbocycles. The molecule has 0 bridgehead atoms. The lowest BCUT2D eigenvalue weighted by atomic mass is 10.1. The predicted octanol–water partition coefficient (Wildman–Crippen LogP) is 4.75. The van der Waals surface area contributed by atoms with Gasteiger partial charge in [-0.2, -0.15) is 0 Å². The highest BCUT2D eigenvalue weighted by Gasteiger charge is 2.28. The second-order valence-electron chi connectivity index (χ2n) is 4.60. The predicted molar refractivity (Wildman–Crippen MR) is 76.9 cm³/mol. The molecular formula is C14H12BrClN2. The van der Waals surface area contributed by atoms with Gasteiger partial charge in [-0.3, -0.25) is 0 Å². The Labute approximate surface area is 120 Å². The van der Waals surface area contributed by atoms with Gasteiger partial charge >= 0.3 is 0 Å². The van der Waals surface area contributed by atoms with E-state index in [9.17, 15) is 0 Å². The first-order valence-electron chi connectivity index (χ1n) is 5.95. The largest absolute Gasteiger partial charge is 0.232 e. The summed E-state index contributed by atoms with van der Waals surface area (Å²) in [5.41, 5.74) is 2.94. The molecule has 18 heavy (non-hydrogen) atoms. The highest BCUT2D eigenvalue weighted by molar-refractivity contribution is 9.10. The Kier molecular flexibility index (Phi) is 3.12. The maximum atomic E-state index is 6.23. The number of halogens is 2. The van der Waals surface area contributed by atoms with Gasteiger partial charge in [-0.15, -0.1) is 0 Å². The molecule has 0 N–H and O–H groups in total. The van der Waals surface area contributed by atoms with Crippen LogP contribution in [0, 0.1) is 6.92 Å². The SMILES string of the molecule is Cc1c(Cl)nc(C2CC2)nc1-c1ccccc1Br. The van der Waals surface area contributed by atoms with Crippen LogP contribution < -0.4 is 0 Å². The molecule has 0 spiro atoms. The summed E-state index contributed by atoms with van der Waals surface area (Å²) in [7, 11) is 0. The Hall–Kier alpha value is -0.930. The third-order valence-electron chi connectivity index (χ3n) is 3.18. The van der Waals surface area contributed by atoms with E-state index in [0.29, 0.717) is 11.1 Å². The van der Waals surface area contributed by atoms with E-state index >= 15 is 0 Å². The normalized spacial score (nSPS) is 14.8. The molecule has 0 amide bonds. The van der Waals surface area contributed by atoms with Gasteiger partial charge in [0.05, 0.1) is 5.69 Å². The summed E-state index contributed by atoms with van der Waals surface area (Å²) in [6.45, 7) is 1.97. The fraction of sp³-hybridized carbons (Fsp3) is 0.286. The molecule has 2 nitrogen and oxygen atoms in total. The van der Waals surface area contributed by atoms with Crippen LogP contribution in [0.3, 0.4) is 0 Å². The highest BCUT2D eigenvalue weighted by Crippen LogP contribution is 2.40. The van der Waals surface area contributed by atoms with Gasteiger partial charge in [-0.1, -0.05) is 45.7 Å². The highest BCUT2D eigenvalue weighted by atomic mass is 79.9. The summed E-state index contributed by atoms with van der Waals surface area (Å²) in [5, 5.41) is 0.567. The minimum Gasteiger partial charge on any atom is -0.232 e. The van der Waals surface area contributed by atoms with E-state index < -0.39 is 0 Å². The Morgan fingerprint density at radius 1 is 1.22 bits per heavy atom. The molecule has 0 unspecified atom stereocenters. The van der Waals surface area contributed by atoms with E-state index in [1.54, 1.807) is 0 Å². The van der Waals surface area contributed by atoms with Gasteiger partial charge in [0.15, 0.2) is 0 Å². The molecule has 3 rings (SSSR count). The van der Waals surface area contributed by atoms with Crippen LogP contribution in [0.5, 0.6) is 0 Å². The van der Waals surface area contributed by atoms with Crippen molar-refractivity contribution in [1.82, 2.24) is 9.97 Å². The van der Waals surface area contributed by atoms with Crippen LogP contribution >= 0.6 is 27.5 Å². The Morgan fingerprint density at radius 2 is 1.94 bits per heavy atom. The number of rotatable bonds is 2. The van der Waals surface area contributed by atoms with Crippen LogP contribution in [-0.2, 0) is 0 Å². The van der Waals surface area contributed by atoms with Gasteiger partial charge in [-0.25, -0.2) is 9.97 Å². The van der Waals surface area contributed by atoms with Crippen molar-refractivity contribution in [3.63, 3.8) is 0 Å². The van der Waals surface area contributed by atoms with E-state index in [-0.39, 0.29) is 0 Å². The van der Waals surface area contributed by atoms with Gasteiger partial charge in [0, 0.05) is 21.5 Å². The zero-order valence-corrected chi connectivity index (χ0v) is 12.3. The van der Waals surface area contributed by atoms with E-state index in [1.807, 2.05) is 31.2 Å². The third-order valence-corrected chi connectivity index (χ3v) is 4.23. The molecule has 1 saturated carbocycles.